The summed E-state index contributed by atoms with van der Waals surface area (Å²) in [6.07, 6.45) is 8.44. The molecular formula is C18H31ClN2O2S. The van der Waals surface area contributed by atoms with Crippen molar-refractivity contribution in [2.45, 2.75) is 70.1 Å². The van der Waals surface area contributed by atoms with Crippen LogP contribution in [0.1, 0.15) is 65.2 Å². The van der Waals surface area contributed by atoms with Gasteiger partial charge in [-0.25, -0.2) is 8.42 Å². The summed E-state index contributed by atoms with van der Waals surface area (Å²) in [5.74, 6) is 0. The van der Waals surface area contributed by atoms with Crippen molar-refractivity contribution in [3.63, 3.8) is 0 Å². The van der Waals surface area contributed by atoms with E-state index in [1.54, 1.807) is 16.4 Å². The Morgan fingerprint density at radius 2 is 1.50 bits per heavy atom. The van der Waals surface area contributed by atoms with Gasteiger partial charge in [-0.3, -0.25) is 0 Å². The van der Waals surface area contributed by atoms with Crippen LogP contribution in [0.2, 0.25) is 5.02 Å². The molecule has 1 aromatic rings. The number of nitrogens with zero attached hydrogens (tertiary/aromatic N) is 1. The highest BCUT2D eigenvalue weighted by Crippen LogP contribution is 2.25. The molecule has 0 aliphatic heterocycles. The number of nitrogens with two attached hydrogens (primary N) is 1. The van der Waals surface area contributed by atoms with Gasteiger partial charge < -0.3 is 5.73 Å². The van der Waals surface area contributed by atoms with Gasteiger partial charge in [-0.05, 0) is 31.0 Å². The molecule has 0 atom stereocenters. The predicted molar refractivity (Wildman–Crippen MR) is 103 cm³/mol. The second-order valence-corrected chi connectivity index (χ2v) is 8.55. The summed E-state index contributed by atoms with van der Waals surface area (Å²) >= 11 is 5.91. The maximum absolute atomic E-state index is 13.0. The molecule has 0 aliphatic carbocycles. The molecule has 0 heterocycles. The van der Waals surface area contributed by atoms with E-state index in [4.69, 9.17) is 17.3 Å². The Hall–Kier alpha value is -0.780. The van der Waals surface area contributed by atoms with E-state index in [-0.39, 0.29) is 4.90 Å². The summed E-state index contributed by atoms with van der Waals surface area (Å²) in [7, 11) is -3.52. The maximum Gasteiger partial charge on any atom is 0.243 e. The van der Waals surface area contributed by atoms with Gasteiger partial charge in [0.05, 0.1) is 15.6 Å². The Morgan fingerprint density at radius 1 is 0.958 bits per heavy atom. The molecule has 0 spiro atoms. The molecule has 24 heavy (non-hydrogen) atoms. The summed E-state index contributed by atoms with van der Waals surface area (Å²) in [4.78, 5) is 0.232. The second-order valence-electron chi connectivity index (χ2n) is 6.21. The molecule has 0 aromatic heterocycles. The fraction of sp³-hybridized carbons (Fsp3) is 0.667. The third-order valence-corrected chi connectivity index (χ3v) is 6.37. The minimum absolute atomic E-state index is 0.232. The lowest BCUT2D eigenvalue weighted by atomic mass is 10.2. The highest BCUT2D eigenvalue weighted by Gasteiger charge is 2.24. The van der Waals surface area contributed by atoms with Gasteiger partial charge in [0.15, 0.2) is 0 Å². The van der Waals surface area contributed by atoms with Gasteiger partial charge in [0.1, 0.15) is 0 Å². The van der Waals surface area contributed by atoms with Crippen molar-refractivity contribution in [3.8, 4) is 0 Å². The van der Waals surface area contributed by atoms with Crippen molar-refractivity contribution in [3.05, 3.63) is 23.2 Å². The molecule has 0 bridgehead atoms. The number of halogens is 1. The number of nitrogen functional groups attached to an aromatic ring is 1. The molecule has 0 aliphatic rings. The molecule has 0 saturated carbocycles. The Morgan fingerprint density at radius 3 is 1.96 bits per heavy atom. The first-order valence-corrected chi connectivity index (χ1v) is 10.8. The van der Waals surface area contributed by atoms with Crippen molar-refractivity contribution in [1.82, 2.24) is 4.31 Å². The fourth-order valence-corrected chi connectivity index (χ4v) is 4.28. The molecule has 2 N–H and O–H groups in total. The molecule has 138 valence electrons. The predicted octanol–water partition coefficient (Wildman–Crippen LogP) is 5.07. The third-order valence-electron chi connectivity index (χ3n) is 4.13. The molecule has 0 saturated heterocycles. The smallest absolute Gasteiger partial charge is 0.243 e. The SMILES string of the molecule is CCCCCCN(CCCCCC)S(=O)(=O)c1ccc(Cl)c(N)c1. The largest absolute Gasteiger partial charge is 0.397 e. The van der Waals surface area contributed by atoms with E-state index < -0.39 is 10.0 Å². The molecule has 0 unspecified atom stereocenters. The van der Waals surface area contributed by atoms with Crippen LogP contribution in [0, 0.1) is 0 Å². The Bertz CT molecular complexity index is 579. The lowest BCUT2D eigenvalue weighted by Gasteiger charge is -2.22. The Balaban J connectivity index is 2.85. The van der Waals surface area contributed by atoms with Crippen LogP contribution >= 0.6 is 11.6 Å². The fourth-order valence-electron chi connectivity index (χ4n) is 2.61. The van der Waals surface area contributed by atoms with E-state index in [2.05, 4.69) is 13.8 Å². The summed E-state index contributed by atoms with van der Waals surface area (Å²) in [6.45, 7) is 5.43. The number of anilines is 1. The van der Waals surface area contributed by atoms with Gasteiger partial charge in [-0.15, -0.1) is 0 Å². The Labute approximate surface area is 152 Å². The Kier molecular flexibility index (Phi) is 9.71. The lowest BCUT2D eigenvalue weighted by molar-refractivity contribution is 0.385. The molecule has 4 nitrogen and oxygen atoms in total. The minimum atomic E-state index is -3.52. The zero-order valence-corrected chi connectivity index (χ0v) is 16.5. The van der Waals surface area contributed by atoms with Crippen LogP contribution in [0.3, 0.4) is 0 Å². The van der Waals surface area contributed by atoms with Gasteiger partial charge in [-0.1, -0.05) is 64.0 Å². The third kappa shape index (κ3) is 6.61. The average molecular weight is 375 g/mol. The van der Waals surface area contributed by atoms with Crippen LogP contribution in [0.4, 0.5) is 5.69 Å². The van der Waals surface area contributed by atoms with Crippen LogP contribution in [-0.2, 0) is 10.0 Å². The van der Waals surface area contributed by atoms with Crippen molar-refractivity contribution in [2.75, 3.05) is 18.8 Å². The highest BCUT2D eigenvalue weighted by atomic mass is 35.5. The van der Waals surface area contributed by atoms with Gasteiger partial charge >= 0.3 is 0 Å². The first-order chi connectivity index (χ1) is 11.4. The molecule has 0 radical (unpaired) electrons. The quantitative estimate of drug-likeness (QED) is 0.410. The maximum atomic E-state index is 13.0. The molecular weight excluding hydrogens is 344 g/mol. The summed E-state index contributed by atoms with van der Waals surface area (Å²) in [6, 6.07) is 4.55. The zero-order chi connectivity index (χ0) is 18.0. The number of benzene rings is 1. The number of sulfonamides is 1. The molecule has 6 heteroatoms. The van der Waals surface area contributed by atoms with Gasteiger partial charge in [-0.2, -0.15) is 4.31 Å². The molecule has 1 rings (SSSR count). The first kappa shape index (κ1) is 21.3. The normalized spacial score (nSPS) is 12.0. The van der Waals surface area contributed by atoms with Crippen molar-refractivity contribution >= 4 is 27.3 Å². The minimum Gasteiger partial charge on any atom is -0.397 e. The summed E-state index contributed by atoms with van der Waals surface area (Å²) in [5, 5.41) is 0.381. The van der Waals surface area contributed by atoms with Gasteiger partial charge in [0, 0.05) is 13.1 Å². The lowest BCUT2D eigenvalue weighted by Crippen LogP contribution is -2.33. The van der Waals surface area contributed by atoms with Crippen LogP contribution in [-0.4, -0.2) is 25.8 Å². The number of rotatable bonds is 12. The van der Waals surface area contributed by atoms with Crippen LogP contribution in [0.15, 0.2) is 23.1 Å². The average Bonchev–Trinajstić information content (AvgIpc) is 2.55. The van der Waals surface area contributed by atoms with E-state index in [9.17, 15) is 8.42 Å². The summed E-state index contributed by atoms with van der Waals surface area (Å²) < 4.78 is 27.5. The molecule has 0 fully saturated rings. The number of hydrogen-bond acceptors (Lipinski definition) is 3. The van der Waals surface area contributed by atoms with Crippen molar-refractivity contribution in [2.24, 2.45) is 0 Å². The van der Waals surface area contributed by atoms with E-state index in [0.717, 1.165) is 51.4 Å². The van der Waals surface area contributed by atoms with Gasteiger partial charge in [0.2, 0.25) is 10.0 Å². The molecule has 0 amide bonds. The first-order valence-electron chi connectivity index (χ1n) is 8.98. The van der Waals surface area contributed by atoms with E-state index in [1.165, 1.54) is 6.07 Å². The highest BCUT2D eigenvalue weighted by molar-refractivity contribution is 7.89. The van der Waals surface area contributed by atoms with Crippen molar-refractivity contribution in [1.29, 1.82) is 0 Å². The van der Waals surface area contributed by atoms with Crippen molar-refractivity contribution < 1.29 is 8.42 Å². The van der Waals surface area contributed by atoms with Crippen LogP contribution < -0.4 is 5.73 Å². The zero-order valence-electron chi connectivity index (χ0n) is 14.9. The monoisotopic (exact) mass is 374 g/mol. The van der Waals surface area contributed by atoms with Crippen LogP contribution in [0.5, 0.6) is 0 Å². The van der Waals surface area contributed by atoms with E-state index >= 15 is 0 Å². The van der Waals surface area contributed by atoms with E-state index in [1.807, 2.05) is 0 Å². The topological polar surface area (TPSA) is 63.4 Å². The standard InChI is InChI=1S/C18H31ClN2O2S/c1-3-5-7-9-13-21(14-10-8-6-4-2)24(22,23)16-11-12-17(19)18(20)15-16/h11-12,15H,3-10,13-14,20H2,1-2H3. The van der Waals surface area contributed by atoms with Gasteiger partial charge in [0.25, 0.3) is 0 Å². The number of hydrogen-bond donors (Lipinski definition) is 1. The molecule has 1 aromatic carbocycles. The number of unbranched alkanes of at least 4 members (excludes halogenated alkanes) is 6. The summed E-state index contributed by atoms with van der Waals surface area (Å²) in [5.41, 5.74) is 6.08. The van der Waals surface area contributed by atoms with E-state index in [0.29, 0.717) is 23.8 Å². The van der Waals surface area contributed by atoms with Crippen LogP contribution in [0.25, 0.3) is 0 Å². The second kappa shape index (κ2) is 11.0.